The summed E-state index contributed by atoms with van der Waals surface area (Å²) >= 11 is 0. The molecule has 3 rings (SSSR count). The molecule has 0 unspecified atom stereocenters. The summed E-state index contributed by atoms with van der Waals surface area (Å²) in [4.78, 5) is 4.62. The summed E-state index contributed by atoms with van der Waals surface area (Å²) in [6.45, 7) is 0.709. The van der Waals surface area contributed by atoms with Gasteiger partial charge in [-0.1, -0.05) is 11.3 Å². The lowest BCUT2D eigenvalue weighted by Crippen LogP contribution is -2.03. The second-order valence-corrected chi connectivity index (χ2v) is 3.93. The summed E-state index contributed by atoms with van der Waals surface area (Å²) < 4.78 is 1.79. The maximum atomic E-state index is 4.62. The van der Waals surface area contributed by atoms with Crippen LogP contribution in [-0.4, -0.2) is 20.0 Å². The number of hydrogen-bond donors (Lipinski definition) is 0. The van der Waals surface area contributed by atoms with E-state index in [9.17, 15) is 0 Å². The van der Waals surface area contributed by atoms with E-state index in [1.807, 2.05) is 12.3 Å². The number of rotatable bonds is 3. The molecule has 4 nitrogen and oxygen atoms in total. The van der Waals surface area contributed by atoms with E-state index in [0.717, 1.165) is 5.69 Å². The van der Waals surface area contributed by atoms with Crippen molar-refractivity contribution in [3.05, 3.63) is 42.0 Å². The third-order valence-electron chi connectivity index (χ3n) is 2.62. The minimum Gasteiger partial charge on any atom is -0.256 e. The van der Waals surface area contributed by atoms with Crippen LogP contribution in [0.4, 0.5) is 0 Å². The molecule has 0 saturated heterocycles. The molecule has 1 aliphatic rings. The molecule has 0 bridgehead atoms. The van der Waals surface area contributed by atoms with E-state index in [2.05, 4.69) is 27.4 Å². The molecule has 1 saturated carbocycles. The van der Waals surface area contributed by atoms with Crippen molar-refractivity contribution in [2.75, 3.05) is 0 Å². The lowest BCUT2D eigenvalue weighted by Gasteiger charge is -2.02. The van der Waals surface area contributed by atoms with Crippen LogP contribution in [0.2, 0.25) is 0 Å². The number of aromatic nitrogens is 4. The largest absolute Gasteiger partial charge is 0.256 e. The van der Waals surface area contributed by atoms with Crippen LogP contribution in [0.3, 0.4) is 0 Å². The number of hydrogen-bond acceptors (Lipinski definition) is 3. The van der Waals surface area contributed by atoms with E-state index >= 15 is 0 Å². The molecule has 0 aliphatic heterocycles. The van der Waals surface area contributed by atoms with Gasteiger partial charge in [0.05, 0.1) is 18.4 Å². The van der Waals surface area contributed by atoms with Crippen molar-refractivity contribution in [3.8, 4) is 0 Å². The first-order valence-corrected chi connectivity index (χ1v) is 5.22. The normalized spacial score (nSPS) is 15.5. The summed E-state index contributed by atoms with van der Waals surface area (Å²) in [6.07, 6.45) is 6.12. The monoisotopic (exact) mass is 200 g/mol. The molecule has 0 atom stereocenters. The fourth-order valence-electron chi connectivity index (χ4n) is 1.68. The summed E-state index contributed by atoms with van der Waals surface area (Å²) in [7, 11) is 0. The Labute approximate surface area is 88.0 Å². The van der Waals surface area contributed by atoms with Crippen molar-refractivity contribution in [3.63, 3.8) is 0 Å². The smallest absolute Gasteiger partial charge is 0.0849 e. The van der Waals surface area contributed by atoms with Crippen molar-refractivity contribution >= 4 is 0 Å². The molecule has 0 radical (unpaired) electrons. The van der Waals surface area contributed by atoms with Gasteiger partial charge >= 0.3 is 0 Å². The van der Waals surface area contributed by atoms with Crippen LogP contribution in [0.25, 0.3) is 0 Å². The van der Waals surface area contributed by atoms with Crippen LogP contribution >= 0.6 is 0 Å². The van der Waals surface area contributed by atoms with Crippen LogP contribution in [0.15, 0.2) is 30.6 Å². The maximum absolute atomic E-state index is 4.62. The van der Waals surface area contributed by atoms with Crippen molar-refractivity contribution in [2.45, 2.75) is 25.3 Å². The third kappa shape index (κ3) is 1.88. The Morgan fingerprint density at radius 2 is 2.27 bits per heavy atom. The number of nitrogens with zero attached hydrogens (tertiary/aromatic N) is 4. The third-order valence-corrected chi connectivity index (χ3v) is 2.62. The Morgan fingerprint density at radius 3 is 3.00 bits per heavy atom. The zero-order valence-corrected chi connectivity index (χ0v) is 8.37. The van der Waals surface area contributed by atoms with Crippen molar-refractivity contribution in [2.24, 2.45) is 0 Å². The van der Waals surface area contributed by atoms with E-state index < -0.39 is 0 Å². The standard InChI is InChI=1S/C11H12N4/c1-2-10(8-15-7-6-12-14-15)13-11(3-1)9-4-5-9/h1-3,6-7,9H,4-5,8H2. The van der Waals surface area contributed by atoms with Gasteiger partial charge in [-0.15, -0.1) is 5.10 Å². The van der Waals surface area contributed by atoms with Gasteiger partial charge in [-0.2, -0.15) is 0 Å². The van der Waals surface area contributed by atoms with Crippen LogP contribution in [0.5, 0.6) is 0 Å². The molecule has 0 N–H and O–H groups in total. The second-order valence-electron chi connectivity index (χ2n) is 3.93. The Balaban J connectivity index is 1.82. The fraction of sp³-hybridized carbons (Fsp3) is 0.364. The first kappa shape index (κ1) is 8.59. The van der Waals surface area contributed by atoms with Gasteiger partial charge in [-0.3, -0.25) is 4.98 Å². The average molecular weight is 200 g/mol. The zero-order valence-electron chi connectivity index (χ0n) is 8.37. The zero-order chi connectivity index (χ0) is 10.1. The molecular weight excluding hydrogens is 188 g/mol. The van der Waals surface area contributed by atoms with Gasteiger partial charge in [0.25, 0.3) is 0 Å². The topological polar surface area (TPSA) is 43.6 Å². The Kier molecular flexibility index (Phi) is 1.98. The van der Waals surface area contributed by atoms with Gasteiger partial charge < -0.3 is 0 Å². The van der Waals surface area contributed by atoms with Gasteiger partial charge in [-0.05, 0) is 25.0 Å². The van der Waals surface area contributed by atoms with Crippen LogP contribution in [-0.2, 0) is 6.54 Å². The lowest BCUT2D eigenvalue weighted by molar-refractivity contribution is 0.636. The first-order chi connectivity index (χ1) is 7.42. The molecular formula is C11H12N4. The van der Waals surface area contributed by atoms with E-state index in [-0.39, 0.29) is 0 Å². The SMILES string of the molecule is c1cc(Cn2ccnn2)nc(C2CC2)c1. The van der Waals surface area contributed by atoms with Gasteiger partial charge in [0.1, 0.15) is 0 Å². The van der Waals surface area contributed by atoms with Crippen LogP contribution in [0.1, 0.15) is 30.1 Å². The molecule has 15 heavy (non-hydrogen) atoms. The highest BCUT2D eigenvalue weighted by Gasteiger charge is 2.24. The average Bonchev–Trinajstić information content (AvgIpc) is 3.00. The van der Waals surface area contributed by atoms with Crippen LogP contribution < -0.4 is 0 Å². The van der Waals surface area contributed by atoms with Crippen molar-refractivity contribution < 1.29 is 0 Å². The highest BCUT2D eigenvalue weighted by atomic mass is 15.4. The second kappa shape index (κ2) is 3.46. The maximum Gasteiger partial charge on any atom is 0.0849 e. The molecule has 76 valence electrons. The molecule has 4 heteroatoms. The highest BCUT2D eigenvalue weighted by molar-refractivity contribution is 5.18. The van der Waals surface area contributed by atoms with Crippen LogP contribution in [0, 0.1) is 0 Å². The summed E-state index contributed by atoms with van der Waals surface area (Å²) in [5.41, 5.74) is 2.29. The first-order valence-electron chi connectivity index (χ1n) is 5.22. The molecule has 0 amide bonds. The Morgan fingerprint density at radius 1 is 1.33 bits per heavy atom. The summed E-state index contributed by atoms with van der Waals surface area (Å²) in [6, 6.07) is 6.23. The minimum atomic E-state index is 0.709. The van der Waals surface area contributed by atoms with Crippen molar-refractivity contribution in [1.29, 1.82) is 0 Å². The van der Waals surface area contributed by atoms with Crippen molar-refractivity contribution in [1.82, 2.24) is 20.0 Å². The predicted molar refractivity (Wildman–Crippen MR) is 55.3 cm³/mol. The predicted octanol–water partition coefficient (Wildman–Crippen LogP) is 1.60. The van der Waals surface area contributed by atoms with E-state index in [1.165, 1.54) is 18.5 Å². The minimum absolute atomic E-state index is 0.709. The van der Waals surface area contributed by atoms with Gasteiger partial charge in [-0.25, -0.2) is 4.68 Å². The summed E-state index contributed by atoms with van der Waals surface area (Å²) in [5, 5.41) is 7.70. The van der Waals surface area contributed by atoms with Gasteiger partial charge in [0.2, 0.25) is 0 Å². The van der Waals surface area contributed by atoms with E-state index in [1.54, 1.807) is 10.9 Å². The van der Waals surface area contributed by atoms with Gasteiger partial charge in [0, 0.05) is 17.8 Å². The van der Waals surface area contributed by atoms with Gasteiger partial charge in [0.15, 0.2) is 0 Å². The molecule has 2 heterocycles. The summed E-state index contributed by atoms with van der Waals surface area (Å²) in [5.74, 6) is 0.709. The lowest BCUT2D eigenvalue weighted by atomic mass is 10.2. The highest BCUT2D eigenvalue weighted by Crippen LogP contribution is 2.38. The van der Waals surface area contributed by atoms with E-state index in [4.69, 9.17) is 0 Å². The molecule has 0 aromatic carbocycles. The molecule has 2 aromatic rings. The molecule has 1 aliphatic carbocycles. The number of pyridine rings is 1. The molecule has 1 fully saturated rings. The quantitative estimate of drug-likeness (QED) is 0.755. The van der Waals surface area contributed by atoms with E-state index in [0.29, 0.717) is 12.5 Å². The molecule has 0 spiro atoms. The Hall–Kier alpha value is -1.71. The fourth-order valence-corrected chi connectivity index (χ4v) is 1.68. The molecule has 2 aromatic heterocycles. The Bertz CT molecular complexity index is 445.